The van der Waals surface area contributed by atoms with Crippen molar-refractivity contribution >= 4 is 29.5 Å². The third-order valence-electron chi connectivity index (χ3n) is 7.11. The Hall–Kier alpha value is -2.69. The first-order valence-corrected chi connectivity index (χ1v) is 11.2. The largest absolute Gasteiger partial charge is 0.375 e. The van der Waals surface area contributed by atoms with Gasteiger partial charge in [0.15, 0.2) is 0 Å². The van der Waals surface area contributed by atoms with Crippen molar-refractivity contribution in [3.63, 3.8) is 0 Å². The predicted octanol–water partition coefficient (Wildman–Crippen LogP) is -1.92. The maximum Gasteiger partial charge on any atom is 0.249 e. The molecule has 2 N–H and O–H groups in total. The average molecular weight is 450 g/mol. The van der Waals surface area contributed by atoms with Gasteiger partial charge in [-0.15, -0.1) is 0 Å². The number of hydrogen-bond acceptors (Lipinski definition) is 6. The fourth-order valence-corrected chi connectivity index (χ4v) is 5.39. The maximum absolute atomic E-state index is 13.4. The van der Waals surface area contributed by atoms with Gasteiger partial charge in [-0.05, 0) is 25.7 Å². The summed E-state index contributed by atoms with van der Waals surface area (Å²) >= 11 is 0. The first-order chi connectivity index (χ1) is 15.3. The smallest absolute Gasteiger partial charge is 0.249 e. The van der Waals surface area contributed by atoms with Gasteiger partial charge < -0.3 is 30.1 Å². The molecule has 0 aromatic rings. The average Bonchev–Trinajstić information content (AvgIpc) is 3.36. The van der Waals surface area contributed by atoms with E-state index in [9.17, 15) is 24.0 Å². The molecule has 0 aliphatic carbocycles. The van der Waals surface area contributed by atoms with Gasteiger partial charge in [0.1, 0.15) is 18.7 Å². The Bertz CT molecular complexity index is 811. The van der Waals surface area contributed by atoms with Crippen LogP contribution in [0.15, 0.2) is 0 Å². The van der Waals surface area contributed by atoms with Crippen molar-refractivity contribution < 1.29 is 28.7 Å². The number of piperidine rings is 1. The third kappa shape index (κ3) is 4.17. The lowest BCUT2D eigenvalue weighted by atomic mass is 9.95. The van der Waals surface area contributed by atoms with E-state index in [4.69, 9.17) is 4.74 Å². The number of rotatable bonds is 4. The lowest BCUT2D eigenvalue weighted by molar-refractivity contribution is -0.146. The van der Waals surface area contributed by atoms with Gasteiger partial charge in [-0.2, -0.15) is 0 Å². The Labute approximate surface area is 186 Å². The Morgan fingerprint density at radius 2 is 1.84 bits per heavy atom. The number of amides is 5. The first-order valence-electron chi connectivity index (χ1n) is 11.2. The number of carbonyl (C=O) groups excluding carboxylic acids is 5. The zero-order valence-electron chi connectivity index (χ0n) is 18.5. The van der Waals surface area contributed by atoms with Gasteiger partial charge in [-0.25, -0.2) is 0 Å². The minimum absolute atomic E-state index is 0.0142. The van der Waals surface area contributed by atoms with Gasteiger partial charge in [0.05, 0.1) is 6.04 Å². The molecule has 4 saturated heterocycles. The van der Waals surface area contributed by atoms with Crippen LogP contribution >= 0.6 is 0 Å². The number of nitrogens with one attached hydrogen (secondary N) is 2. The summed E-state index contributed by atoms with van der Waals surface area (Å²) in [6.45, 7) is 3.16. The molecule has 4 heterocycles. The topological polar surface area (TPSA) is 128 Å². The van der Waals surface area contributed by atoms with Crippen LogP contribution in [-0.4, -0.2) is 108 Å². The number of fused-ring (bicyclic) bond motifs is 2. The number of likely N-dealkylation sites (tertiary alicyclic amines) is 2. The molecule has 0 aromatic carbocycles. The van der Waals surface area contributed by atoms with Crippen LogP contribution in [0.25, 0.3) is 0 Å². The number of methoxy groups -OCH3 is 1. The summed E-state index contributed by atoms with van der Waals surface area (Å²) < 4.78 is 4.94. The number of hydrogen-bond donors (Lipinski definition) is 2. The summed E-state index contributed by atoms with van der Waals surface area (Å²) in [5, 5.41) is 5.94. The Balaban J connectivity index is 1.40. The van der Waals surface area contributed by atoms with Crippen molar-refractivity contribution in [2.24, 2.45) is 5.92 Å². The minimum atomic E-state index is -0.739. The molecule has 0 bridgehead atoms. The summed E-state index contributed by atoms with van der Waals surface area (Å²) in [4.78, 5) is 67.6. The third-order valence-corrected chi connectivity index (χ3v) is 7.11. The van der Waals surface area contributed by atoms with E-state index in [2.05, 4.69) is 10.6 Å². The number of ether oxygens (including phenoxy) is 1. The fourth-order valence-electron chi connectivity index (χ4n) is 5.39. The van der Waals surface area contributed by atoms with E-state index in [0.29, 0.717) is 45.3 Å². The Kier molecular flexibility index (Phi) is 6.36. The maximum atomic E-state index is 13.4. The fraction of sp³-hybridized carbons (Fsp3) is 0.762. The van der Waals surface area contributed by atoms with Crippen molar-refractivity contribution in [3.05, 3.63) is 0 Å². The van der Waals surface area contributed by atoms with Gasteiger partial charge in [0, 0.05) is 52.2 Å². The quantitative estimate of drug-likeness (QED) is 0.515. The highest BCUT2D eigenvalue weighted by molar-refractivity contribution is 5.96. The number of carbonyl (C=O) groups is 5. The second kappa shape index (κ2) is 9.05. The van der Waals surface area contributed by atoms with Crippen LogP contribution in [0.3, 0.4) is 0 Å². The minimum Gasteiger partial charge on any atom is -0.375 e. The molecule has 11 heteroatoms. The van der Waals surface area contributed by atoms with Crippen molar-refractivity contribution in [2.75, 3.05) is 39.9 Å². The highest BCUT2D eigenvalue weighted by atomic mass is 16.5. The van der Waals surface area contributed by atoms with E-state index < -0.39 is 18.1 Å². The van der Waals surface area contributed by atoms with Crippen molar-refractivity contribution in [1.29, 1.82) is 0 Å². The Morgan fingerprint density at radius 1 is 1.12 bits per heavy atom. The predicted molar refractivity (Wildman–Crippen MR) is 111 cm³/mol. The van der Waals surface area contributed by atoms with Crippen molar-refractivity contribution in [2.45, 2.75) is 56.8 Å². The van der Waals surface area contributed by atoms with E-state index in [0.717, 1.165) is 0 Å². The first kappa shape index (κ1) is 22.5. The van der Waals surface area contributed by atoms with E-state index in [1.54, 1.807) is 4.90 Å². The van der Waals surface area contributed by atoms with E-state index in [1.165, 1.54) is 23.8 Å². The van der Waals surface area contributed by atoms with Gasteiger partial charge in [0.25, 0.3) is 0 Å². The zero-order chi connectivity index (χ0) is 23.0. The van der Waals surface area contributed by atoms with Crippen LogP contribution in [0.4, 0.5) is 0 Å². The molecule has 0 radical (unpaired) electrons. The summed E-state index contributed by atoms with van der Waals surface area (Å²) in [6.07, 6.45) is 2.08. The zero-order valence-corrected chi connectivity index (χ0v) is 18.5. The molecular weight excluding hydrogens is 418 g/mol. The lowest BCUT2D eigenvalue weighted by Gasteiger charge is -2.31. The highest BCUT2D eigenvalue weighted by Gasteiger charge is 2.52. The van der Waals surface area contributed by atoms with Crippen molar-refractivity contribution in [1.82, 2.24) is 25.3 Å². The molecule has 0 spiro atoms. The molecule has 32 heavy (non-hydrogen) atoms. The summed E-state index contributed by atoms with van der Waals surface area (Å²) in [5.74, 6) is -1.04. The van der Waals surface area contributed by atoms with Gasteiger partial charge in [-0.3, -0.25) is 24.0 Å². The standard InChI is InChI=1S/C21H31N5O6/c1-12(27)24-6-3-13(4-7-24)19(29)22-14-9-16-20(30)23-15-5-8-25(17(28)11-32-2)18(15)21(31)26(16)10-14/h13-16,18H,3-11H2,1-2H3,(H,22,29)(H,23,30)/t14-,15-,16+,18-/m0/s1. The summed E-state index contributed by atoms with van der Waals surface area (Å²) in [5.41, 5.74) is 0. The molecule has 4 rings (SSSR count). The monoisotopic (exact) mass is 449 g/mol. The van der Waals surface area contributed by atoms with E-state index in [-0.39, 0.29) is 54.6 Å². The van der Waals surface area contributed by atoms with Crippen LogP contribution < -0.4 is 10.6 Å². The SMILES string of the molecule is COCC(=O)N1CC[C@@H]2NC(=O)[C@H]3C[C@H](NC(=O)C4CCN(C(C)=O)CC4)CN3C(=O)[C@H]21. The van der Waals surface area contributed by atoms with Crippen LogP contribution in [-0.2, 0) is 28.7 Å². The van der Waals surface area contributed by atoms with Crippen LogP contribution in [0.1, 0.15) is 32.6 Å². The van der Waals surface area contributed by atoms with Gasteiger partial charge >= 0.3 is 0 Å². The second-order valence-corrected chi connectivity index (χ2v) is 9.10. The van der Waals surface area contributed by atoms with Crippen LogP contribution in [0.2, 0.25) is 0 Å². The molecule has 4 atom stereocenters. The van der Waals surface area contributed by atoms with Gasteiger partial charge in [-0.1, -0.05) is 0 Å². The van der Waals surface area contributed by atoms with Crippen molar-refractivity contribution in [3.8, 4) is 0 Å². The second-order valence-electron chi connectivity index (χ2n) is 9.10. The molecular formula is C21H31N5O6. The normalized spacial score (nSPS) is 30.5. The number of nitrogens with zero attached hydrogens (tertiary/aromatic N) is 3. The molecule has 5 amide bonds. The molecule has 11 nitrogen and oxygen atoms in total. The van der Waals surface area contributed by atoms with E-state index >= 15 is 0 Å². The van der Waals surface area contributed by atoms with Gasteiger partial charge in [0.2, 0.25) is 29.5 Å². The Morgan fingerprint density at radius 3 is 2.50 bits per heavy atom. The van der Waals surface area contributed by atoms with E-state index in [1.807, 2.05) is 0 Å². The molecule has 4 aliphatic heterocycles. The molecule has 176 valence electrons. The van der Waals surface area contributed by atoms with Crippen LogP contribution in [0, 0.1) is 5.92 Å². The highest BCUT2D eigenvalue weighted by Crippen LogP contribution is 2.29. The molecule has 0 aromatic heterocycles. The van der Waals surface area contributed by atoms with Crippen LogP contribution in [0.5, 0.6) is 0 Å². The molecule has 0 unspecified atom stereocenters. The summed E-state index contributed by atoms with van der Waals surface area (Å²) in [6, 6.07) is -2.12. The molecule has 4 fully saturated rings. The summed E-state index contributed by atoms with van der Waals surface area (Å²) in [7, 11) is 1.43. The lowest BCUT2D eigenvalue weighted by Crippen LogP contribution is -2.53. The molecule has 4 aliphatic rings. The molecule has 0 saturated carbocycles.